The fraction of sp³-hybridized carbons (Fsp3) is 0.450. The molecule has 10 heteroatoms. The molecule has 0 aliphatic rings. The first-order valence-electron chi connectivity index (χ1n) is 9.55. The Balaban J connectivity index is 2.17. The molecule has 2 rings (SSSR count). The number of hydrogen-bond donors (Lipinski definition) is 2. The monoisotopic (exact) mass is 416 g/mol. The summed E-state index contributed by atoms with van der Waals surface area (Å²) >= 11 is 0. The lowest BCUT2D eigenvalue weighted by atomic mass is 10.1. The average molecular weight is 416 g/mol. The second kappa shape index (κ2) is 9.49. The summed E-state index contributed by atoms with van der Waals surface area (Å²) in [5.41, 5.74) is 5.22. The van der Waals surface area contributed by atoms with Crippen LogP contribution in [0.3, 0.4) is 0 Å². The molecule has 0 bridgehead atoms. The van der Waals surface area contributed by atoms with Crippen LogP contribution in [0.25, 0.3) is 0 Å². The van der Waals surface area contributed by atoms with Crippen molar-refractivity contribution in [2.45, 2.75) is 27.3 Å². The maximum Gasteiger partial charge on any atom is 0.332 e. The Bertz CT molecular complexity index is 1070. The highest BCUT2D eigenvalue weighted by atomic mass is 16.2. The minimum absolute atomic E-state index is 0.0899. The maximum atomic E-state index is 12.8. The number of aryl methyl sites for hydroxylation is 1. The Hall–Kier alpha value is -3.27. The van der Waals surface area contributed by atoms with Gasteiger partial charge in [0.15, 0.2) is 5.78 Å². The largest absolute Gasteiger partial charge is 0.384 e. The number of nitrogens with one attached hydrogen (secondary N) is 1. The van der Waals surface area contributed by atoms with E-state index in [0.717, 1.165) is 10.3 Å². The molecule has 30 heavy (non-hydrogen) atoms. The number of Topliss-reactive ketones (excluding diaryl/α,β-unsaturated/α-hetero) is 1. The molecule has 2 aromatic heterocycles. The molecule has 2 aromatic rings. The van der Waals surface area contributed by atoms with Gasteiger partial charge in [0.25, 0.3) is 5.56 Å². The van der Waals surface area contributed by atoms with Crippen molar-refractivity contribution in [3.63, 3.8) is 0 Å². The van der Waals surface area contributed by atoms with Gasteiger partial charge in [-0.3, -0.25) is 28.4 Å². The zero-order valence-corrected chi connectivity index (χ0v) is 17.9. The van der Waals surface area contributed by atoms with Crippen LogP contribution in [0.5, 0.6) is 0 Å². The molecule has 2 heterocycles. The van der Waals surface area contributed by atoms with E-state index in [1.54, 1.807) is 19.2 Å². The molecule has 10 nitrogen and oxygen atoms in total. The van der Waals surface area contributed by atoms with Crippen molar-refractivity contribution in [1.29, 1.82) is 0 Å². The van der Waals surface area contributed by atoms with Crippen molar-refractivity contribution in [1.82, 2.24) is 19.0 Å². The molecular weight excluding hydrogens is 388 g/mol. The first-order valence-corrected chi connectivity index (χ1v) is 9.55. The lowest BCUT2D eigenvalue weighted by Gasteiger charge is -2.18. The number of likely N-dealkylation sites (N-methyl/N-ethyl adjacent to an activating group) is 1. The van der Waals surface area contributed by atoms with Gasteiger partial charge in [-0.15, -0.1) is 0 Å². The van der Waals surface area contributed by atoms with Gasteiger partial charge >= 0.3 is 5.69 Å². The number of carbonyl (C=O) groups is 2. The summed E-state index contributed by atoms with van der Waals surface area (Å²) in [5, 5.41) is 2.66. The zero-order valence-electron chi connectivity index (χ0n) is 17.9. The number of anilines is 2. The number of amides is 1. The van der Waals surface area contributed by atoms with Crippen LogP contribution in [-0.4, -0.2) is 50.8 Å². The van der Waals surface area contributed by atoms with E-state index in [2.05, 4.69) is 10.3 Å². The summed E-state index contributed by atoms with van der Waals surface area (Å²) in [6.45, 7) is 5.58. The van der Waals surface area contributed by atoms with E-state index in [1.165, 1.54) is 16.5 Å². The molecule has 3 N–H and O–H groups in total. The maximum absolute atomic E-state index is 12.8. The van der Waals surface area contributed by atoms with Crippen LogP contribution in [-0.2, 0) is 18.4 Å². The summed E-state index contributed by atoms with van der Waals surface area (Å²) < 4.78 is 2.11. The molecule has 0 fully saturated rings. The van der Waals surface area contributed by atoms with Crippen LogP contribution in [0, 0.1) is 12.8 Å². The molecule has 0 aliphatic heterocycles. The molecule has 0 aliphatic carbocycles. The summed E-state index contributed by atoms with van der Waals surface area (Å²) in [6, 6.07) is 5.25. The summed E-state index contributed by atoms with van der Waals surface area (Å²) in [7, 11) is 2.88. The van der Waals surface area contributed by atoms with Crippen LogP contribution in [0.15, 0.2) is 27.8 Å². The first kappa shape index (κ1) is 23.0. The number of hydrogen-bond acceptors (Lipinski definition) is 7. The minimum Gasteiger partial charge on any atom is -0.384 e. The van der Waals surface area contributed by atoms with Gasteiger partial charge in [-0.25, -0.2) is 9.78 Å². The topological polar surface area (TPSA) is 132 Å². The zero-order chi connectivity index (χ0) is 22.6. The Labute approximate surface area is 174 Å². The highest BCUT2D eigenvalue weighted by Gasteiger charge is 2.23. The molecule has 0 unspecified atom stereocenters. The van der Waals surface area contributed by atoms with Crippen LogP contribution >= 0.6 is 0 Å². The Morgan fingerprint density at radius 2 is 1.90 bits per heavy atom. The minimum atomic E-state index is -0.746. The Kier molecular flexibility index (Phi) is 7.28. The van der Waals surface area contributed by atoms with Gasteiger partial charge in [-0.2, -0.15) is 0 Å². The predicted octanol–water partition coefficient (Wildman–Crippen LogP) is 0.242. The first-order chi connectivity index (χ1) is 14.0. The van der Waals surface area contributed by atoms with Gasteiger partial charge in [0, 0.05) is 19.3 Å². The molecule has 0 saturated heterocycles. The van der Waals surface area contributed by atoms with Gasteiger partial charge < -0.3 is 11.1 Å². The molecule has 0 spiro atoms. The number of ketones is 1. The normalized spacial score (nSPS) is 11.2. The second-order valence-corrected chi connectivity index (χ2v) is 7.72. The number of nitrogen functional groups attached to an aromatic ring is 1. The molecule has 0 radical (unpaired) electrons. The fourth-order valence-electron chi connectivity index (χ4n) is 3.01. The fourth-order valence-corrected chi connectivity index (χ4v) is 3.01. The molecule has 162 valence electrons. The SMILES string of the molecule is Cc1cccc(NC(=O)CN(C)CC(=O)c2c(N)n(CC(C)C)c(=O)n(C)c2=O)n1. The number of nitrogens with zero attached hydrogens (tertiary/aromatic N) is 4. The van der Waals surface area contributed by atoms with Crippen LogP contribution in [0.1, 0.15) is 29.9 Å². The third-order valence-corrected chi connectivity index (χ3v) is 4.39. The van der Waals surface area contributed by atoms with Crippen LogP contribution in [0.2, 0.25) is 0 Å². The van der Waals surface area contributed by atoms with Crippen molar-refractivity contribution < 1.29 is 9.59 Å². The van der Waals surface area contributed by atoms with Gasteiger partial charge in [0.2, 0.25) is 5.91 Å². The van der Waals surface area contributed by atoms with Gasteiger partial charge in [0.05, 0.1) is 13.1 Å². The lowest BCUT2D eigenvalue weighted by molar-refractivity contribution is -0.116. The third kappa shape index (κ3) is 5.41. The highest BCUT2D eigenvalue weighted by Crippen LogP contribution is 2.09. The predicted molar refractivity (Wildman–Crippen MR) is 115 cm³/mol. The number of rotatable bonds is 8. The quantitative estimate of drug-likeness (QED) is 0.589. The third-order valence-electron chi connectivity index (χ3n) is 4.39. The van der Waals surface area contributed by atoms with Gasteiger partial charge in [-0.05, 0) is 32.0 Å². The van der Waals surface area contributed by atoms with Crippen LogP contribution < -0.4 is 22.3 Å². The number of pyridine rings is 1. The van der Waals surface area contributed by atoms with E-state index >= 15 is 0 Å². The van der Waals surface area contributed by atoms with E-state index in [0.29, 0.717) is 5.82 Å². The molecule has 0 saturated carbocycles. The number of nitrogens with two attached hydrogens (primary N) is 1. The van der Waals surface area contributed by atoms with E-state index in [9.17, 15) is 19.2 Å². The molecule has 1 amide bonds. The lowest BCUT2D eigenvalue weighted by Crippen LogP contribution is -2.44. The summed E-state index contributed by atoms with van der Waals surface area (Å²) in [5.74, 6) is -0.557. The van der Waals surface area contributed by atoms with Crippen molar-refractivity contribution in [3.8, 4) is 0 Å². The van der Waals surface area contributed by atoms with Gasteiger partial charge in [-0.1, -0.05) is 19.9 Å². The van der Waals surface area contributed by atoms with Gasteiger partial charge in [0.1, 0.15) is 17.2 Å². The highest BCUT2D eigenvalue weighted by molar-refractivity contribution is 6.01. The van der Waals surface area contributed by atoms with Crippen molar-refractivity contribution >= 4 is 23.3 Å². The van der Waals surface area contributed by atoms with E-state index < -0.39 is 17.0 Å². The van der Waals surface area contributed by atoms with E-state index in [4.69, 9.17) is 5.73 Å². The van der Waals surface area contributed by atoms with E-state index in [-0.39, 0.29) is 42.8 Å². The standard InChI is InChI=1S/C20H28N6O4/c1-12(2)9-26-18(21)17(19(29)25(5)20(26)30)14(27)10-24(4)11-16(28)23-15-8-6-7-13(3)22-15/h6-8,12H,9-11,21H2,1-5H3,(H,22,23,28). The van der Waals surface area contributed by atoms with Crippen molar-refractivity contribution in [2.75, 3.05) is 31.2 Å². The van der Waals surface area contributed by atoms with E-state index in [1.807, 2.05) is 26.8 Å². The average Bonchev–Trinajstić information content (AvgIpc) is 2.63. The molecular formula is C20H28N6O4. The van der Waals surface area contributed by atoms with Crippen molar-refractivity contribution in [3.05, 3.63) is 50.3 Å². The number of carbonyl (C=O) groups excluding carboxylic acids is 2. The Morgan fingerprint density at radius 3 is 2.50 bits per heavy atom. The smallest absolute Gasteiger partial charge is 0.332 e. The van der Waals surface area contributed by atoms with Crippen molar-refractivity contribution in [2.24, 2.45) is 13.0 Å². The second-order valence-electron chi connectivity index (χ2n) is 7.72. The summed E-state index contributed by atoms with van der Waals surface area (Å²) in [6.07, 6.45) is 0. The molecule has 0 atom stereocenters. The molecule has 0 aromatic carbocycles. The summed E-state index contributed by atoms with van der Waals surface area (Å²) in [4.78, 5) is 55.5. The van der Waals surface area contributed by atoms with Crippen LogP contribution in [0.4, 0.5) is 11.6 Å². The number of aromatic nitrogens is 3. The Morgan fingerprint density at radius 1 is 1.23 bits per heavy atom.